The fourth-order valence-corrected chi connectivity index (χ4v) is 3.28. The Kier molecular flexibility index (Phi) is 4.95. The summed E-state index contributed by atoms with van der Waals surface area (Å²) in [6.45, 7) is 5.87. The molecule has 1 aromatic rings. The number of ketones is 1. The van der Waals surface area contributed by atoms with E-state index < -0.39 is 0 Å². The van der Waals surface area contributed by atoms with Gasteiger partial charge in [0.25, 0.3) is 0 Å². The minimum absolute atomic E-state index is 0.228. The van der Waals surface area contributed by atoms with Crippen LogP contribution in [0.5, 0.6) is 0 Å². The average Bonchev–Trinajstić information content (AvgIpc) is 2.47. The van der Waals surface area contributed by atoms with Gasteiger partial charge in [0, 0.05) is 12.0 Å². The Labute approximate surface area is 116 Å². The zero-order valence-corrected chi connectivity index (χ0v) is 12.0. The van der Waals surface area contributed by atoms with E-state index in [2.05, 4.69) is 19.6 Å². The number of carbonyl (C=O) groups excluding carboxylic acids is 1. The number of allylic oxidation sites excluding steroid dienone is 1. The van der Waals surface area contributed by atoms with Gasteiger partial charge in [-0.3, -0.25) is 4.79 Å². The lowest BCUT2D eigenvalue weighted by atomic mass is 9.78. The van der Waals surface area contributed by atoms with Crippen molar-refractivity contribution in [3.8, 4) is 0 Å². The molecule has 1 fully saturated rings. The molecule has 0 heterocycles. The van der Waals surface area contributed by atoms with Gasteiger partial charge < -0.3 is 0 Å². The van der Waals surface area contributed by atoms with Crippen molar-refractivity contribution in [1.29, 1.82) is 0 Å². The van der Waals surface area contributed by atoms with Crippen LogP contribution in [0.4, 0.5) is 0 Å². The van der Waals surface area contributed by atoms with Crippen LogP contribution in [-0.2, 0) is 6.42 Å². The van der Waals surface area contributed by atoms with Gasteiger partial charge in [0.15, 0.2) is 5.78 Å². The molecule has 0 aromatic heterocycles. The van der Waals surface area contributed by atoms with Gasteiger partial charge in [0.05, 0.1) is 0 Å². The van der Waals surface area contributed by atoms with Gasteiger partial charge in [0.1, 0.15) is 0 Å². The molecule has 0 atom stereocenters. The molecule has 1 aromatic carbocycles. The molecule has 1 saturated carbocycles. The monoisotopic (exact) mass is 256 g/mol. The van der Waals surface area contributed by atoms with E-state index in [0.717, 1.165) is 12.0 Å². The molecule has 0 saturated heterocycles. The largest absolute Gasteiger partial charge is 0.294 e. The van der Waals surface area contributed by atoms with E-state index in [-0.39, 0.29) is 5.78 Å². The molecule has 0 aliphatic heterocycles. The Morgan fingerprint density at radius 3 is 2.68 bits per heavy atom. The molecule has 0 bridgehead atoms. The van der Waals surface area contributed by atoms with E-state index >= 15 is 0 Å². The summed E-state index contributed by atoms with van der Waals surface area (Å²) in [7, 11) is 0. The normalized spacial score (nSPS) is 16.3. The first-order chi connectivity index (χ1) is 9.27. The molecule has 2 rings (SSSR count). The molecule has 0 amide bonds. The Balaban J connectivity index is 2.41. The van der Waals surface area contributed by atoms with Crippen molar-refractivity contribution in [3.63, 3.8) is 0 Å². The first kappa shape index (κ1) is 14.0. The first-order valence-electron chi connectivity index (χ1n) is 7.53. The predicted octanol–water partition coefficient (Wildman–Crippen LogP) is 5.06. The minimum atomic E-state index is 0.228. The van der Waals surface area contributed by atoms with E-state index in [1.807, 2.05) is 12.1 Å². The second kappa shape index (κ2) is 6.70. The maximum Gasteiger partial charge on any atom is 0.166 e. The lowest BCUT2D eigenvalue weighted by Crippen LogP contribution is -2.13. The summed E-state index contributed by atoms with van der Waals surface area (Å²) in [5.74, 6) is 0.819. The summed E-state index contributed by atoms with van der Waals surface area (Å²) >= 11 is 0. The third-order valence-corrected chi connectivity index (χ3v) is 4.22. The van der Waals surface area contributed by atoms with Gasteiger partial charge in [-0.05, 0) is 36.3 Å². The highest BCUT2D eigenvalue weighted by Gasteiger charge is 2.23. The van der Waals surface area contributed by atoms with E-state index in [0.29, 0.717) is 12.3 Å². The number of hydrogen-bond acceptors (Lipinski definition) is 1. The van der Waals surface area contributed by atoms with E-state index in [9.17, 15) is 4.79 Å². The summed E-state index contributed by atoms with van der Waals surface area (Å²) in [4.78, 5) is 12.3. The molecule has 102 valence electrons. The van der Waals surface area contributed by atoms with E-state index in [1.165, 1.54) is 43.2 Å². The molecule has 1 heteroatoms. The maximum atomic E-state index is 12.3. The van der Waals surface area contributed by atoms with Crippen LogP contribution in [0.15, 0.2) is 30.9 Å². The second-order valence-electron chi connectivity index (χ2n) is 5.48. The number of hydrogen-bond donors (Lipinski definition) is 0. The molecular formula is C18H24O. The number of aryl methyl sites for hydroxylation is 1. The van der Waals surface area contributed by atoms with Gasteiger partial charge >= 0.3 is 0 Å². The van der Waals surface area contributed by atoms with Crippen molar-refractivity contribution < 1.29 is 4.79 Å². The molecule has 1 nitrogen and oxygen atoms in total. The summed E-state index contributed by atoms with van der Waals surface area (Å²) in [6.07, 6.45) is 9.62. The van der Waals surface area contributed by atoms with Crippen LogP contribution < -0.4 is 0 Å². The van der Waals surface area contributed by atoms with Crippen LogP contribution in [0.3, 0.4) is 0 Å². The van der Waals surface area contributed by atoms with Crippen molar-refractivity contribution >= 4 is 5.78 Å². The highest BCUT2D eigenvalue weighted by Crippen LogP contribution is 2.37. The van der Waals surface area contributed by atoms with Crippen LogP contribution in [0, 0.1) is 0 Å². The Bertz CT molecular complexity index is 453. The lowest BCUT2D eigenvalue weighted by molar-refractivity contribution is 0.0994. The molecule has 1 aliphatic rings. The average molecular weight is 256 g/mol. The predicted molar refractivity (Wildman–Crippen MR) is 80.8 cm³/mol. The SMILES string of the molecule is C=CCC(=O)c1cccc(CC)c1C1CCCCC1. The Hall–Kier alpha value is -1.37. The smallest absolute Gasteiger partial charge is 0.166 e. The van der Waals surface area contributed by atoms with Crippen LogP contribution in [0.25, 0.3) is 0 Å². The van der Waals surface area contributed by atoms with Crippen molar-refractivity contribution in [3.05, 3.63) is 47.5 Å². The van der Waals surface area contributed by atoms with Crippen molar-refractivity contribution in [2.45, 2.75) is 57.8 Å². The quantitative estimate of drug-likeness (QED) is 0.532. The number of carbonyl (C=O) groups is 1. The van der Waals surface area contributed by atoms with Crippen molar-refractivity contribution in [2.24, 2.45) is 0 Å². The van der Waals surface area contributed by atoms with Crippen LogP contribution >= 0.6 is 0 Å². The van der Waals surface area contributed by atoms with Crippen molar-refractivity contribution in [1.82, 2.24) is 0 Å². The van der Waals surface area contributed by atoms with Crippen molar-refractivity contribution in [2.75, 3.05) is 0 Å². The van der Waals surface area contributed by atoms with Gasteiger partial charge in [-0.25, -0.2) is 0 Å². The molecule has 0 unspecified atom stereocenters. The molecule has 0 radical (unpaired) electrons. The van der Waals surface area contributed by atoms with Crippen LogP contribution in [0.1, 0.15) is 72.9 Å². The van der Waals surface area contributed by atoms with Gasteiger partial charge in [-0.1, -0.05) is 50.5 Å². The van der Waals surface area contributed by atoms with Gasteiger partial charge in [-0.2, -0.15) is 0 Å². The zero-order chi connectivity index (χ0) is 13.7. The summed E-state index contributed by atoms with van der Waals surface area (Å²) in [5, 5.41) is 0. The fraction of sp³-hybridized carbons (Fsp3) is 0.500. The maximum absolute atomic E-state index is 12.3. The third kappa shape index (κ3) is 3.15. The Morgan fingerprint density at radius 2 is 2.05 bits per heavy atom. The summed E-state index contributed by atoms with van der Waals surface area (Å²) < 4.78 is 0. The summed E-state index contributed by atoms with van der Waals surface area (Å²) in [5.41, 5.74) is 3.66. The van der Waals surface area contributed by atoms with Crippen LogP contribution in [-0.4, -0.2) is 5.78 Å². The molecule has 1 aliphatic carbocycles. The summed E-state index contributed by atoms with van der Waals surface area (Å²) in [6, 6.07) is 6.23. The number of rotatable bonds is 5. The number of Topliss-reactive ketones (excluding diaryl/α,β-unsaturated/α-hetero) is 1. The molecular weight excluding hydrogens is 232 g/mol. The minimum Gasteiger partial charge on any atom is -0.294 e. The lowest BCUT2D eigenvalue weighted by Gasteiger charge is -2.26. The first-order valence-corrected chi connectivity index (χ1v) is 7.53. The van der Waals surface area contributed by atoms with E-state index in [4.69, 9.17) is 0 Å². The molecule has 0 N–H and O–H groups in total. The van der Waals surface area contributed by atoms with Crippen LogP contribution in [0.2, 0.25) is 0 Å². The standard InChI is InChI=1S/C18H24O/c1-3-9-17(19)16-13-8-12-14(4-2)18(16)15-10-6-5-7-11-15/h3,8,12-13,15H,1,4-7,9-11H2,2H3. The highest BCUT2D eigenvalue weighted by molar-refractivity contribution is 5.98. The number of benzene rings is 1. The molecule has 0 spiro atoms. The van der Waals surface area contributed by atoms with Gasteiger partial charge in [-0.15, -0.1) is 6.58 Å². The topological polar surface area (TPSA) is 17.1 Å². The highest BCUT2D eigenvalue weighted by atomic mass is 16.1. The third-order valence-electron chi connectivity index (χ3n) is 4.22. The van der Waals surface area contributed by atoms with E-state index in [1.54, 1.807) is 6.08 Å². The van der Waals surface area contributed by atoms with Gasteiger partial charge in [0.2, 0.25) is 0 Å². The molecule has 19 heavy (non-hydrogen) atoms. The second-order valence-corrected chi connectivity index (χ2v) is 5.48. The Morgan fingerprint density at radius 1 is 1.32 bits per heavy atom. The fourth-order valence-electron chi connectivity index (χ4n) is 3.28. The zero-order valence-electron chi connectivity index (χ0n) is 12.0.